The summed E-state index contributed by atoms with van der Waals surface area (Å²) < 4.78 is 14.8. The zero-order chi connectivity index (χ0) is 15.6. The van der Waals surface area contributed by atoms with Crippen molar-refractivity contribution >= 4 is 11.6 Å². The Hall–Kier alpha value is -2.77. The van der Waals surface area contributed by atoms with Gasteiger partial charge >= 0.3 is 0 Å². The van der Waals surface area contributed by atoms with Crippen molar-refractivity contribution in [3.05, 3.63) is 57.1 Å². The Labute approximate surface area is 119 Å². The smallest absolute Gasteiger partial charge is 0.282 e. The van der Waals surface area contributed by atoms with Crippen LogP contribution < -0.4 is 5.32 Å². The Balaban J connectivity index is 2.19. The lowest BCUT2D eigenvalue weighted by Gasteiger charge is -2.05. The summed E-state index contributed by atoms with van der Waals surface area (Å²) in [5.74, 6) is -1.41. The molecule has 21 heavy (non-hydrogen) atoms. The first-order valence-electron chi connectivity index (χ1n) is 6.09. The molecular formula is C13H13FN4O3. The van der Waals surface area contributed by atoms with Gasteiger partial charge in [-0.25, -0.2) is 4.39 Å². The van der Waals surface area contributed by atoms with Gasteiger partial charge in [0.15, 0.2) is 0 Å². The first kappa shape index (κ1) is 14.6. The Morgan fingerprint density at radius 3 is 2.81 bits per heavy atom. The van der Waals surface area contributed by atoms with Gasteiger partial charge in [0.05, 0.1) is 10.6 Å². The van der Waals surface area contributed by atoms with Crippen molar-refractivity contribution in [2.24, 2.45) is 7.05 Å². The van der Waals surface area contributed by atoms with Crippen molar-refractivity contribution in [3.63, 3.8) is 0 Å². The van der Waals surface area contributed by atoms with Crippen LogP contribution in [0, 0.1) is 22.9 Å². The Kier molecular flexibility index (Phi) is 3.97. The van der Waals surface area contributed by atoms with Crippen molar-refractivity contribution in [2.45, 2.75) is 13.5 Å². The van der Waals surface area contributed by atoms with Crippen molar-refractivity contribution in [1.29, 1.82) is 0 Å². The summed E-state index contributed by atoms with van der Waals surface area (Å²) in [6, 6.07) is 2.77. The minimum absolute atomic E-state index is 0.159. The second kappa shape index (κ2) is 5.70. The normalized spacial score (nSPS) is 10.4. The second-order valence-corrected chi connectivity index (χ2v) is 4.51. The zero-order valence-corrected chi connectivity index (χ0v) is 11.5. The van der Waals surface area contributed by atoms with Crippen molar-refractivity contribution in [2.75, 3.05) is 0 Å². The third-order valence-corrected chi connectivity index (χ3v) is 2.95. The molecule has 2 rings (SSSR count). The molecule has 0 saturated carbocycles. The van der Waals surface area contributed by atoms with Crippen LogP contribution in [0.3, 0.4) is 0 Å². The van der Waals surface area contributed by atoms with Gasteiger partial charge in [0.1, 0.15) is 11.4 Å². The van der Waals surface area contributed by atoms with Crippen LogP contribution in [0.2, 0.25) is 0 Å². The largest absolute Gasteiger partial charge is 0.348 e. The van der Waals surface area contributed by atoms with Gasteiger partial charge < -0.3 is 5.32 Å². The van der Waals surface area contributed by atoms with E-state index in [-0.39, 0.29) is 12.1 Å². The predicted molar refractivity (Wildman–Crippen MR) is 72.2 cm³/mol. The van der Waals surface area contributed by atoms with Gasteiger partial charge in [-0.2, -0.15) is 5.10 Å². The molecule has 1 aromatic heterocycles. The number of hydrogen-bond acceptors (Lipinski definition) is 4. The van der Waals surface area contributed by atoms with Crippen LogP contribution in [0.15, 0.2) is 24.4 Å². The molecule has 0 bridgehead atoms. The molecule has 1 aromatic carbocycles. The van der Waals surface area contributed by atoms with Crippen LogP contribution in [0.4, 0.5) is 10.1 Å². The number of nitro groups is 1. The maximum absolute atomic E-state index is 13.2. The summed E-state index contributed by atoms with van der Waals surface area (Å²) in [4.78, 5) is 22.1. The van der Waals surface area contributed by atoms with E-state index in [2.05, 4.69) is 10.4 Å². The van der Waals surface area contributed by atoms with Crippen LogP contribution in [0.1, 0.15) is 21.6 Å². The predicted octanol–water partition coefficient (Wildman–Crippen LogP) is 1.71. The van der Waals surface area contributed by atoms with Crippen molar-refractivity contribution < 1.29 is 14.1 Å². The van der Waals surface area contributed by atoms with Crippen molar-refractivity contribution in [3.8, 4) is 0 Å². The number of rotatable bonds is 4. The summed E-state index contributed by atoms with van der Waals surface area (Å²) in [6.45, 7) is 1.94. The van der Waals surface area contributed by atoms with Gasteiger partial charge in [0, 0.05) is 31.4 Å². The van der Waals surface area contributed by atoms with Gasteiger partial charge in [0.2, 0.25) is 0 Å². The lowest BCUT2D eigenvalue weighted by molar-refractivity contribution is -0.385. The molecule has 0 radical (unpaired) electrons. The standard InChI is InChI=1S/C13H13FN4O3/c1-8-9(7-17(2)16-8)6-15-13(19)11-5-10(14)3-4-12(11)18(20)21/h3-5,7H,6H2,1-2H3,(H,15,19). The molecule has 1 heterocycles. The molecule has 1 N–H and O–H groups in total. The van der Waals surface area contributed by atoms with E-state index in [9.17, 15) is 19.3 Å². The van der Waals surface area contributed by atoms with E-state index < -0.39 is 22.3 Å². The molecule has 110 valence electrons. The number of nitrogens with zero attached hydrogens (tertiary/aromatic N) is 3. The van der Waals surface area contributed by atoms with E-state index in [1.54, 1.807) is 24.9 Å². The number of carbonyl (C=O) groups is 1. The van der Waals surface area contributed by atoms with E-state index in [4.69, 9.17) is 0 Å². The number of nitrogens with one attached hydrogen (secondary N) is 1. The highest BCUT2D eigenvalue weighted by molar-refractivity contribution is 5.98. The molecule has 0 aliphatic carbocycles. The third-order valence-electron chi connectivity index (χ3n) is 2.95. The van der Waals surface area contributed by atoms with Crippen LogP contribution >= 0.6 is 0 Å². The molecule has 0 atom stereocenters. The quantitative estimate of drug-likeness (QED) is 0.686. The lowest BCUT2D eigenvalue weighted by atomic mass is 10.1. The number of carbonyl (C=O) groups excluding carboxylic acids is 1. The van der Waals surface area contributed by atoms with Crippen LogP contribution in [0.25, 0.3) is 0 Å². The Morgan fingerprint density at radius 1 is 1.52 bits per heavy atom. The highest BCUT2D eigenvalue weighted by atomic mass is 19.1. The van der Waals surface area contributed by atoms with Crippen LogP contribution in [-0.2, 0) is 13.6 Å². The van der Waals surface area contributed by atoms with Gasteiger partial charge in [-0.15, -0.1) is 0 Å². The topological polar surface area (TPSA) is 90.1 Å². The maximum atomic E-state index is 13.2. The number of nitro benzene ring substituents is 1. The monoisotopic (exact) mass is 292 g/mol. The fraction of sp³-hybridized carbons (Fsp3) is 0.231. The highest BCUT2D eigenvalue weighted by Gasteiger charge is 2.21. The average Bonchev–Trinajstić information content (AvgIpc) is 2.73. The molecule has 1 amide bonds. The molecule has 0 saturated heterocycles. The average molecular weight is 292 g/mol. The first-order valence-corrected chi connectivity index (χ1v) is 6.09. The first-order chi connectivity index (χ1) is 9.88. The van der Waals surface area contributed by atoms with Gasteiger partial charge in [-0.1, -0.05) is 0 Å². The molecule has 0 unspecified atom stereocenters. The highest BCUT2D eigenvalue weighted by Crippen LogP contribution is 2.19. The Bertz CT molecular complexity index is 711. The summed E-state index contributed by atoms with van der Waals surface area (Å²) in [7, 11) is 1.75. The van der Waals surface area contributed by atoms with Gasteiger partial charge in [-0.05, 0) is 19.1 Å². The number of hydrogen-bond donors (Lipinski definition) is 1. The SMILES string of the molecule is Cc1nn(C)cc1CNC(=O)c1cc(F)ccc1[N+](=O)[O-]. The minimum Gasteiger partial charge on any atom is -0.348 e. The maximum Gasteiger partial charge on any atom is 0.282 e. The number of aromatic nitrogens is 2. The fourth-order valence-electron chi connectivity index (χ4n) is 1.94. The molecule has 0 aliphatic heterocycles. The van der Waals surface area contributed by atoms with Crippen LogP contribution in [-0.4, -0.2) is 20.6 Å². The molecule has 8 heteroatoms. The molecular weight excluding hydrogens is 279 g/mol. The summed E-state index contributed by atoms with van der Waals surface area (Å²) in [6.07, 6.45) is 1.73. The third kappa shape index (κ3) is 3.22. The van der Waals surface area contributed by atoms with Crippen molar-refractivity contribution in [1.82, 2.24) is 15.1 Å². The molecule has 7 nitrogen and oxygen atoms in total. The van der Waals surface area contributed by atoms with Gasteiger partial charge in [0.25, 0.3) is 11.6 Å². The Morgan fingerprint density at radius 2 is 2.24 bits per heavy atom. The number of benzene rings is 1. The number of halogens is 1. The van der Waals surface area contributed by atoms with Gasteiger partial charge in [-0.3, -0.25) is 19.6 Å². The van der Waals surface area contributed by atoms with E-state index >= 15 is 0 Å². The number of amides is 1. The van der Waals surface area contributed by atoms with Crippen LogP contribution in [0.5, 0.6) is 0 Å². The fourth-order valence-corrected chi connectivity index (χ4v) is 1.94. The summed E-state index contributed by atoms with van der Waals surface area (Å²) in [5, 5.41) is 17.5. The number of aryl methyl sites for hydroxylation is 2. The van der Waals surface area contributed by atoms with E-state index in [0.29, 0.717) is 0 Å². The van der Waals surface area contributed by atoms with E-state index in [0.717, 1.165) is 29.5 Å². The lowest BCUT2D eigenvalue weighted by Crippen LogP contribution is -2.24. The summed E-state index contributed by atoms with van der Waals surface area (Å²) in [5.41, 5.74) is 0.787. The second-order valence-electron chi connectivity index (χ2n) is 4.51. The minimum atomic E-state index is -0.719. The zero-order valence-electron chi connectivity index (χ0n) is 11.5. The molecule has 0 aliphatic rings. The molecule has 0 fully saturated rings. The molecule has 0 spiro atoms. The summed E-state index contributed by atoms with van der Waals surface area (Å²) >= 11 is 0. The van der Waals surface area contributed by atoms with E-state index in [1.807, 2.05) is 0 Å². The van der Waals surface area contributed by atoms with E-state index in [1.165, 1.54) is 0 Å². The molecule has 2 aromatic rings.